The van der Waals surface area contributed by atoms with Gasteiger partial charge in [0, 0.05) is 18.8 Å². The number of piperidine rings is 1. The standard InChI is InChI=1S/C12H15ClN2O4S/c13-12-10(5-3-6-14-12)20(18,19)15-7-2-1-4-9(15)8-11(16)17/h3,5-6,9H,1-2,4,7-8H2,(H,16,17). The number of hydrogen-bond acceptors (Lipinski definition) is 4. The molecule has 1 fully saturated rings. The second-order valence-electron chi connectivity index (χ2n) is 4.66. The van der Waals surface area contributed by atoms with Gasteiger partial charge in [0.25, 0.3) is 0 Å². The Morgan fingerprint density at radius 2 is 2.25 bits per heavy atom. The van der Waals surface area contributed by atoms with Crippen LogP contribution in [0.15, 0.2) is 23.2 Å². The fraction of sp³-hybridized carbons (Fsp3) is 0.500. The van der Waals surface area contributed by atoms with Crippen LogP contribution in [0, 0.1) is 0 Å². The predicted octanol–water partition coefficient (Wildman–Crippen LogP) is 1.75. The molecule has 0 aromatic carbocycles. The highest BCUT2D eigenvalue weighted by Gasteiger charge is 2.35. The average Bonchev–Trinajstić information content (AvgIpc) is 2.38. The maximum Gasteiger partial charge on any atom is 0.304 e. The summed E-state index contributed by atoms with van der Waals surface area (Å²) in [5, 5.41) is 8.82. The highest BCUT2D eigenvalue weighted by molar-refractivity contribution is 7.89. The maximum absolute atomic E-state index is 12.6. The number of aliphatic carboxylic acids is 1. The lowest BCUT2D eigenvalue weighted by atomic mass is 10.0. The van der Waals surface area contributed by atoms with E-state index in [1.165, 1.54) is 22.6 Å². The van der Waals surface area contributed by atoms with Gasteiger partial charge < -0.3 is 5.11 Å². The lowest BCUT2D eigenvalue weighted by molar-refractivity contribution is -0.138. The molecule has 1 atom stereocenters. The molecule has 1 aromatic heterocycles. The van der Waals surface area contributed by atoms with Crippen molar-refractivity contribution in [3.05, 3.63) is 23.5 Å². The van der Waals surface area contributed by atoms with E-state index in [2.05, 4.69) is 4.98 Å². The van der Waals surface area contributed by atoms with Crippen LogP contribution in [-0.4, -0.2) is 41.4 Å². The molecule has 0 saturated carbocycles. The highest BCUT2D eigenvalue weighted by atomic mass is 35.5. The molecule has 0 aliphatic carbocycles. The zero-order valence-electron chi connectivity index (χ0n) is 10.7. The molecule has 0 radical (unpaired) electrons. The van der Waals surface area contributed by atoms with E-state index in [1.54, 1.807) is 0 Å². The molecule has 1 aromatic rings. The van der Waals surface area contributed by atoms with Crippen LogP contribution < -0.4 is 0 Å². The Balaban J connectivity index is 2.36. The number of nitrogens with zero attached hydrogens (tertiary/aromatic N) is 2. The highest BCUT2D eigenvalue weighted by Crippen LogP contribution is 2.29. The van der Waals surface area contributed by atoms with Gasteiger partial charge in [-0.3, -0.25) is 4.79 Å². The number of rotatable bonds is 4. The SMILES string of the molecule is O=C(O)CC1CCCCN1S(=O)(=O)c1cccnc1Cl. The predicted molar refractivity (Wildman–Crippen MR) is 73.0 cm³/mol. The molecule has 2 rings (SSSR count). The lowest BCUT2D eigenvalue weighted by Crippen LogP contribution is -2.44. The summed E-state index contributed by atoms with van der Waals surface area (Å²) in [6, 6.07) is 2.36. The van der Waals surface area contributed by atoms with Gasteiger partial charge in [-0.25, -0.2) is 13.4 Å². The van der Waals surface area contributed by atoms with E-state index in [-0.39, 0.29) is 16.5 Å². The van der Waals surface area contributed by atoms with Crippen LogP contribution in [0.3, 0.4) is 0 Å². The molecule has 0 amide bonds. The first-order valence-electron chi connectivity index (χ1n) is 6.27. The summed E-state index contributed by atoms with van der Waals surface area (Å²) in [6.07, 6.45) is 3.30. The maximum atomic E-state index is 12.6. The van der Waals surface area contributed by atoms with E-state index in [4.69, 9.17) is 16.7 Å². The number of aromatic nitrogens is 1. The van der Waals surface area contributed by atoms with Crippen LogP contribution in [-0.2, 0) is 14.8 Å². The van der Waals surface area contributed by atoms with Gasteiger partial charge in [-0.1, -0.05) is 18.0 Å². The van der Waals surface area contributed by atoms with Crippen molar-refractivity contribution in [2.24, 2.45) is 0 Å². The quantitative estimate of drug-likeness (QED) is 0.855. The van der Waals surface area contributed by atoms with Crippen molar-refractivity contribution in [3.63, 3.8) is 0 Å². The van der Waals surface area contributed by atoms with Crippen LogP contribution in [0.5, 0.6) is 0 Å². The van der Waals surface area contributed by atoms with Crippen molar-refractivity contribution >= 4 is 27.6 Å². The first-order chi connectivity index (χ1) is 9.43. The number of hydrogen-bond donors (Lipinski definition) is 1. The third-order valence-electron chi connectivity index (χ3n) is 3.29. The van der Waals surface area contributed by atoms with Gasteiger partial charge in [0.05, 0.1) is 6.42 Å². The van der Waals surface area contributed by atoms with Crippen LogP contribution >= 0.6 is 11.6 Å². The number of pyridine rings is 1. The second kappa shape index (κ2) is 6.07. The Bertz CT molecular complexity index is 605. The Morgan fingerprint density at radius 1 is 1.50 bits per heavy atom. The van der Waals surface area contributed by atoms with Gasteiger partial charge in [0.15, 0.2) is 0 Å². The molecule has 2 heterocycles. The molecule has 20 heavy (non-hydrogen) atoms. The number of carboxylic acids is 1. The zero-order chi connectivity index (χ0) is 14.8. The summed E-state index contributed by atoms with van der Waals surface area (Å²) in [7, 11) is -3.81. The second-order valence-corrected chi connectivity index (χ2v) is 6.87. The van der Waals surface area contributed by atoms with Crippen LogP contribution in [0.4, 0.5) is 0 Å². The molecule has 1 aliphatic rings. The van der Waals surface area contributed by atoms with Crippen molar-refractivity contribution in [1.29, 1.82) is 0 Å². The fourth-order valence-corrected chi connectivity index (χ4v) is 4.51. The lowest BCUT2D eigenvalue weighted by Gasteiger charge is -2.33. The molecule has 1 N–H and O–H groups in total. The van der Waals surface area contributed by atoms with Crippen LogP contribution in [0.25, 0.3) is 0 Å². The van der Waals surface area contributed by atoms with E-state index in [0.29, 0.717) is 19.4 Å². The third kappa shape index (κ3) is 3.11. The molecule has 1 unspecified atom stereocenters. The number of halogens is 1. The number of sulfonamides is 1. The van der Waals surface area contributed by atoms with E-state index in [0.717, 1.165) is 6.42 Å². The van der Waals surface area contributed by atoms with Crippen molar-refractivity contribution in [3.8, 4) is 0 Å². The summed E-state index contributed by atoms with van der Waals surface area (Å²) in [6.45, 7) is 0.311. The first-order valence-corrected chi connectivity index (χ1v) is 8.09. The summed E-state index contributed by atoms with van der Waals surface area (Å²) in [5.41, 5.74) is 0. The molecule has 1 aliphatic heterocycles. The Hall–Kier alpha value is -1.18. The minimum atomic E-state index is -3.81. The van der Waals surface area contributed by atoms with Crippen molar-refractivity contribution < 1.29 is 18.3 Å². The smallest absolute Gasteiger partial charge is 0.304 e. The van der Waals surface area contributed by atoms with E-state index >= 15 is 0 Å². The molecular weight excluding hydrogens is 304 g/mol. The van der Waals surface area contributed by atoms with Crippen molar-refractivity contribution in [1.82, 2.24) is 9.29 Å². The Morgan fingerprint density at radius 3 is 2.90 bits per heavy atom. The first kappa shape index (κ1) is 15.2. The summed E-state index contributed by atoms with van der Waals surface area (Å²) < 4.78 is 26.5. The topological polar surface area (TPSA) is 87.6 Å². The fourth-order valence-electron chi connectivity index (χ4n) is 2.39. The average molecular weight is 319 g/mol. The monoisotopic (exact) mass is 318 g/mol. The van der Waals surface area contributed by atoms with Crippen molar-refractivity contribution in [2.75, 3.05) is 6.54 Å². The molecule has 110 valence electrons. The van der Waals surface area contributed by atoms with Gasteiger partial charge in [0.1, 0.15) is 10.0 Å². The summed E-state index contributed by atoms with van der Waals surface area (Å²) in [5.74, 6) is -1.01. The van der Waals surface area contributed by atoms with Gasteiger partial charge in [0.2, 0.25) is 10.0 Å². The largest absolute Gasteiger partial charge is 0.481 e. The molecule has 0 bridgehead atoms. The number of carboxylic acid groups (broad SMARTS) is 1. The van der Waals surface area contributed by atoms with Gasteiger partial charge in [-0.15, -0.1) is 0 Å². The molecule has 0 spiro atoms. The minimum Gasteiger partial charge on any atom is -0.481 e. The van der Waals surface area contributed by atoms with E-state index in [9.17, 15) is 13.2 Å². The van der Waals surface area contributed by atoms with Gasteiger partial charge >= 0.3 is 5.97 Å². The zero-order valence-corrected chi connectivity index (χ0v) is 12.3. The van der Waals surface area contributed by atoms with Crippen molar-refractivity contribution in [2.45, 2.75) is 36.6 Å². The summed E-state index contributed by atoms with van der Waals surface area (Å²) >= 11 is 5.85. The third-order valence-corrected chi connectivity index (χ3v) is 5.69. The van der Waals surface area contributed by atoms with E-state index in [1.807, 2.05) is 0 Å². The summed E-state index contributed by atoms with van der Waals surface area (Å²) in [4.78, 5) is 14.6. The molecular formula is C12H15ClN2O4S. The normalized spacial score (nSPS) is 20.8. The molecule has 8 heteroatoms. The van der Waals surface area contributed by atoms with Crippen LogP contribution in [0.1, 0.15) is 25.7 Å². The Labute approximate surface area is 122 Å². The molecule has 6 nitrogen and oxygen atoms in total. The Kier molecular flexibility index (Phi) is 4.62. The van der Waals surface area contributed by atoms with Crippen LogP contribution in [0.2, 0.25) is 5.15 Å². The molecule has 1 saturated heterocycles. The van der Waals surface area contributed by atoms with Gasteiger partial charge in [-0.05, 0) is 25.0 Å². The van der Waals surface area contributed by atoms with Gasteiger partial charge in [-0.2, -0.15) is 4.31 Å². The van der Waals surface area contributed by atoms with E-state index < -0.39 is 22.0 Å². The minimum absolute atomic E-state index is 0.0704. The number of carbonyl (C=O) groups is 1.